The minimum Gasteiger partial charge on any atom is -0.326 e. The zero-order chi connectivity index (χ0) is 17.8. The van der Waals surface area contributed by atoms with E-state index in [1.165, 1.54) is 16.7 Å². The summed E-state index contributed by atoms with van der Waals surface area (Å²) in [5.41, 5.74) is 5.37. The van der Waals surface area contributed by atoms with Crippen molar-refractivity contribution in [3.05, 3.63) is 59.2 Å². The Balaban J connectivity index is 1.54. The topological polar surface area (TPSA) is 49.4 Å². The normalized spacial score (nSPS) is 14.0. The molecule has 1 aliphatic heterocycles. The lowest BCUT2D eigenvalue weighted by molar-refractivity contribution is -0.117. The molecule has 0 aromatic heterocycles. The van der Waals surface area contributed by atoms with Gasteiger partial charge in [-0.1, -0.05) is 18.2 Å². The van der Waals surface area contributed by atoms with Gasteiger partial charge in [0.05, 0.1) is 0 Å². The van der Waals surface area contributed by atoms with Crippen LogP contribution in [-0.4, -0.2) is 18.4 Å². The molecular formula is C21H24N2O2. The standard InChI is InChI=1S/C21H24N2O2/c1-15-5-6-17(14-16(15)2)7-12-20(24)22-18-8-10-19(11-9-18)23-13-3-4-21(23)25/h5-6,8-11,14H,3-4,7,12-13H2,1-2H3,(H,22,24). The predicted molar refractivity (Wildman–Crippen MR) is 101 cm³/mol. The highest BCUT2D eigenvalue weighted by Gasteiger charge is 2.21. The molecular weight excluding hydrogens is 312 g/mol. The molecule has 2 aromatic rings. The Morgan fingerprint density at radius 3 is 2.48 bits per heavy atom. The molecule has 2 aromatic carbocycles. The maximum atomic E-state index is 12.2. The lowest BCUT2D eigenvalue weighted by Gasteiger charge is -2.16. The van der Waals surface area contributed by atoms with Crippen LogP contribution in [0.5, 0.6) is 0 Å². The molecule has 25 heavy (non-hydrogen) atoms. The Labute approximate surface area is 148 Å². The molecule has 0 radical (unpaired) electrons. The summed E-state index contributed by atoms with van der Waals surface area (Å²) in [6.45, 7) is 4.96. The van der Waals surface area contributed by atoms with Crippen molar-refractivity contribution in [3.8, 4) is 0 Å². The van der Waals surface area contributed by atoms with Gasteiger partial charge in [0.2, 0.25) is 11.8 Å². The second-order valence-corrected chi connectivity index (χ2v) is 6.66. The highest BCUT2D eigenvalue weighted by atomic mass is 16.2. The smallest absolute Gasteiger partial charge is 0.227 e. The SMILES string of the molecule is Cc1ccc(CCC(=O)Nc2ccc(N3CCCC3=O)cc2)cc1C. The van der Waals surface area contributed by atoms with Crippen molar-refractivity contribution in [1.82, 2.24) is 0 Å². The van der Waals surface area contributed by atoms with Gasteiger partial charge in [-0.05, 0) is 67.6 Å². The largest absolute Gasteiger partial charge is 0.326 e. The molecule has 1 saturated heterocycles. The van der Waals surface area contributed by atoms with Gasteiger partial charge in [0.1, 0.15) is 0 Å². The van der Waals surface area contributed by atoms with Crippen molar-refractivity contribution in [3.63, 3.8) is 0 Å². The second-order valence-electron chi connectivity index (χ2n) is 6.66. The molecule has 1 fully saturated rings. The fourth-order valence-electron chi connectivity index (χ4n) is 3.09. The summed E-state index contributed by atoms with van der Waals surface area (Å²) >= 11 is 0. The highest BCUT2D eigenvalue weighted by Crippen LogP contribution is 2.23. The molecule has 0 spiro atoms. The van der Waals surface area contributed by atoms with Crippen molar-refractivity contribution >= 4 is 23.2 Å². The Kier molecular flexibility index (Phi) is 5.17. The van der Waals surface area contributed by atoms with Crippen molar-refractivity contribution < 1.29 is 9.59 Å². The third-order valence-corrected chi connectivity index (χ3v) is 4.75. The molecule has 0 unspecified atom stereocenters. The molecule has 0 saturated carbocycles. The van der Waals surface area contributed by atoms with Gasteiger partial charge >= 0.3 is 0 Å². The monoisotopic (exact) mass is 336 g/mol. The Morgan fingerprint density at radius 2 is 1.84 bits per heavy atom. The van der Waals surface area contributed by atoms with Gasteiger partial charge in [-0.25, -0.2) is 0 Å². The molecule has 4 heteroatoms. The number of benzene rings is 2. The number of rotatable bonds is 5. The van der Waals surface area contributed by atoms with Crippen LogP contribution in [0.3, 0.4) is 0 Å². The summed E-state index contributed by atoms with van der Waals surface area (Å²) in [7, 11) is 0. The van der Waals surface area contributed by atoms with E-state index in [1.807, 2.05) is 24.3 Å². The lowest BCUT2D eigenvalue weighted by Crippen LogP contribution is -2.23. The predicted octanol–water partition coefficient (Wildman–Crippen LogP) is 4.00. The number of anilines is 2. The second kappa shape index (κ2) is 7.51. The van der Waals surface area contributed by atoms with E-state index >= 15 is 0 Å². The highest BCUT2D eigenvalue weighted by molar-refractivity contribution is 5.96. The number of hydrogen-bond donors (Lipinski definition) is 1. The summed E-state index contributed by atoms with van der Waals surface area (Å²) in [5, 5.41) is 2.92. The van der Waals surface area contributed by atoms with Crippen LogP contribution in [0.4, 0.5) is 11.4 Å². The zero-order valence-corrected chi connectivity index (χ0v) is 14.8. The minimum atomic E-state index is 0.00299. The van der Waals surface area contributed by atoms with E-state index in [2.05, 4.69) is 37.4 Å². The number of nitrogens with one attached hydrogen (secondary N) is 1. The number of nitrogens with zero attached hydrogens (tertiary/aromatic N) is 1. The van der Waals surface area contributed by atoms with E-state index in [1.54, 1.807) is 4.90 Å². The van der Waals surface area contributed by atoms with Crippen LogP contribution in [0.2, 0.25) is 0 Å². The maximum Gasteiger partial charge on any atom is 0.227 e. The van der Waals surface area contributed by atoms with Gasteiger partial charge in [0.25, 0.3) is 0 Å². The first-order valence-electron chi connectivity index (χ1n) is 8.79. The van der Waals surface area contributed by atoms with Crippen LogP contribution in [0.1, 0.15) is 36.0 Å². The summed E-state index contributed by atoms with van der Waals surface area (Å²) in [5.74, 6) is 0.174. The van der Waals surface area contributed by atoms with Gasteiger partial charge < -0.3 is 10.2 Å². The Morgan fingerprint density at radius 1 is 1.08 bits per heavy atom. The fourth-order valence-corrected chi connectivity index (χ4v) is 3.09. The molecule has 0 bridgehead atoms. The van der Waals surface area contributed by atoms with Gasteiger partial charge in [0, 0.05) is 30.8 Å². The van der Waals surface area contributed by atoms with Crippen LogP contribution >= 0.6 is 0 Å². The number of carbonyl (C=O) groups is 2. The zero-order valence-electron chi connectivity index (χ0n) is 14.8. The van der Waals surface area contributed by atoms with Crippen LogP contribution in [0.25, 0.3) is 0 Å². The molecule has 1 N–H and O–H groups in total. The number of amides is 2. The lowest BCUT2D eigenvalue weighted by atomic mass is 10.0. The summed E-state index contributed by atoms with van der Waals surface area (Å²) in [6.07, 6.45) is 2.72. The maximum absolute atomic E-state index is 12.2. The molecule has 1 heterocycles. The molecule has 4 nitrogen and oxygen atoms in total. The average Bonchev–Trinajstić information content (AvgIpc) is 3.03. The first kappa shape index (κ1) is 17.2. The van der Waals surface area contributed by atoms with E-state index in [9.17, 15) is 9.59 Å². The molecule has 0 atom stereocenters. The van der Waals surface area contributed by atoms with Crippen LogP contribution in [0, 0.1) is 13.8 Å². The van der Waals surface area contributed by atoms with E-state index in [4.69, 9.17) is 0 Å². The number of hydrogen-bond acceptors (Lipinski definition) is 2. The van der Waals surface area contributed by atoms with Gasteiger partial charge in [-0.15, -0.1) is 0 Å². The van der Waals surface area contributed by atoms with E-state index in [0.29, 0.717) is 12.8 Å². The molecule has 3 rings (SSSR count). The van der Waals surface area contributed by atoms with Crippen molar-refractivity contribution in [1.29, 1.82) is 0 Å². The average molecular weight is 336 g/mol. The van der Waals surface area contributed by atoms with Crippen LogP contribution < -0.4 is 10.2 Å². The van der Waals surface area contributed by atoms with Gasteiger partial charge in [-0.2, -0.15) is 0 Å². The first-order valence-corrected chi connectivity index (χ1v) is 8.79. The molecule has 0 aliphatic carbocycles. The quantitative estimate of drug-likeness (QED) is 0.897. The number of aryl methyl sites for hydroxylation is 3. The van der Waals surface area contributed by atoms with Crippen LogP contribution in [-0.2, 0) is 16.0 Å². The summed E-state index contributed by atoms with van der Waals surface area (Å²) < 4.78 is 0. The summed E-state index contributed by atoms with van der Waals surface area (Å²) in [6, 6.07) is 13.8. The molecule has 2 amide bonds. The minimum absolute atomic E-state index is 0.00299. The van der Waals surface area contributed by atoms with E-state index in [0.717, 1.165) is 30.8 Å². The van der Waals surface area contributed by atoms with E-state index < -0.39 is 0 Å². The van der Waals surface area contributed by atoms with Crippen molar-refractivity contribution in [2.24, 2.45) is 0 Å². The van der Waals surface area contributed by atoms with Gasteiger partial charge in [-0.3, -0.25) is 9.59 Å². The fraction of sp³-hybridized carbons (Fsp3) is 0.333. The Bertz CT molecular complexity index is 781. The molecule has 1 aliphatic rings. The van der Waals surface area contributed by atoms with Crippen LogP contribution in [0.15, 0.2) is 42.5 Å². The third kappa shape index (κ3) is 4.27. The van der Waals surface area contributed by atoms with Crippen molar-refractivity contribution in [2.75, 3.05) is 16.8 Å². The van der Waals surface area contributed by atoms with Crippen molar-refractivity contribution in [2.45, 2.75) is 39.5 Å². The summed E-state index contributed by atoms with van der Waals surface area (Å²) in [4.78, 5) is 25.7. The third-order valence-electron chi connectivity index (χ3n) is 4.75. The Hall–Kier alpha value is -2.62. The molecule has 130 valence electrons. The number of carbonyl (C=O) groups excluding carboxylic acids is 2. The first-order chi connectivity index (χ1) is 12.0. The van der Waals surface area contributed by atoms with Gasteiger partial charge in [0.15, 0.2) is 0 Å². The van der Waals surface area contributed by atoms with E-state index in [-0.39, 0.29) is 11.8 Å².